The second-order valence-corrected chi connectivity index (χ2v) is 6.60. The van der Waals surface area contributed by atoms with Crippen molar-refractivity contribution in [2.45, 2.75) is 33.2 Å². The monoisotopic (exact) mass is 408 g/mol. The standard InChI is InChI=1S/C22H24N4O4/c1-3-5-13-26-22(29)17-11-7-6-10-16(17)19(25-26)21(28)24-23-14-15-9-8-12-18(20(15)27)30-4-2/h6-12,14,27H,3-5,13H2,1-2H3,(H,24,28)/b23-14+. The number of unbranched alkanes of at least 4 members (excludes halogenated alkanes) is 1. The average Bonchev–Trinajstić information content (AvgIpc) is 2.76. The van der Waals surface area contributed by atoms with Crippen LogP contribution in [-0.4, -0.2) is 33.6 Å². The topological polar surface area (TPSA) is 106 Å². The average molecular weight is 408 g/mol. The molecule has 0 aliphatic rings. The van der Waals surface area contributed by atoms with Gasteiger partial charge in [-0.05, 0) is 31.5 Å². The lowest BCUT2D eigenvalue weighted by atomic mass is 10.1. The third kappa shape index (κ3) is 4.48. The Bertz CT molecular complexity index is 1140. The smallest absolute Gasteiger partial charge is 0.292 e. The Morgan fingerprint density at radius 1 is 1.20 bits per heavy atom. The van der Waals surface area contributed by atoms with E-state index < -0.39 is 5.91 Å². The van der Waals surface area contributed by atoms with Gasteiger partial charge in [0.1, 0.15) is 0 Å². The Morgan fingerprint density at radius 3 is 2.70 bits per heavy atom. The molecule has 0 unspecified atom stereocenters. The molecule has 0 aliphatic heterocycles. The zero-order valence-corrected chi connectivity index (χ0v) is 17.0. The molecule has 1 heterocycles. The molecule has 0 saturated heterocycles. The summed E-state index contributed by atoms with van der Waals surface area (Å²) in [7, 11) is 0. The molecule has 2 aromatic carbocycles. The van der Waals surface area contributed by atoms with Gasteiger partial charge >= 0.3 is 0 Å². The molecule has 30 heavy (non-hydrogen) atoms. The van der Waals surface area contributed by atoms with Crippen molar-refractivity contribution >= 4 is 22.9 Å². The number of para-hydroxylation sites is 1. The number of phenols is 1. The summed E-state index contributed by atoms with van der Waals surface area (Å²) in [6, 6.07) is 11.9. The highest BCUT2D eigenvalue weighted by Gasteiger charge is 2.16. The minimum atomic E-state index is -0.548. The number of carbonyl (C=O) groups is 1. The van der Waals surface area contributed by atoms with Crippen LogP contribution in [0.1, 0.15) is 42.7 Å². The number of hydrogen-bond donors (Lipinski definition) is 2. The number of hydrazone groups is 1. The molecule has 3 rings (SSSR count). The van der Waals surface area contributed by atoms with Crippen LogP contribution in [0.5, 0.6) is 11.5 Å². The van der Waals surface area contributed by atoms with Gasteiger partial charge in [-0.3, -0.25) is 9.59 Å². The van der Waals surface area contributed by atoms with Crippen LogP contribution in [-0.2, 0) is 6.54 Å². The van der Waals surface area contributed by atoms with E-state index in [0.717, 1.165) is 12.8 Å². The predicted octanol–water partition coefficient (Wildman–Crippen LogP) is 3.06. The zero-order chi connectivity index (χ0) is 21.5. The number of hydrogen-bond acceptors (Lipinski definition) is 6. The lowest BCUT2D eigenvalue weighted by Gasteiger charge is -2.10. The number of fused-ring (bicyclic) bond motifs is 1. The number of benzene rings is 2. The highest BCUT2D eigenvalue weighted by atomic mass is 16.5. The predicted molar refractivity (Wildman–Crippen MR) is 115 cm³/mol. The summed E-state index contributed by atoms with van der Waals surface area (Å²) in [5.74, 6) is -0.273. The van der Waals surface area contributed by atoms with Gasteiger partial charge in [-0.2, -0.15) is 10.2 Å². The fraction of sp³-hybridized carbons (Fsp3) is 0.273. The number of aromatic hydroxyl groups is 1. The molecule has 0 atom stereocenters. The van der Waals surface area contributed by atoms with E-state index in [-0.39, 0.29) is 17.0 Å². The first-order chi connectivity index (χ1) is 14.6. The molecule has 0 fully saturated rings. The van der Waals surface area contributed by atoms with E-state index in [9.17, 15) is 14.7 Å². The Kier molecular flexibility index (Phi) is 6.79. The van der Waals surface area contributed by atoms with E-state index in [4.69, 9.17) is 4.74 Å². The van der Waals surface area contributed by atoms with Crippen LogP contribution in [0.25, 0.3) is 10.8 Å². The number of rotatable bonds is 8. The summed E-state index contributed by atoms with van der Waals surface area (Å²) in [4.78, 5) is 25.4. The van der Waals surface area contributed by atoms with Crippen LogP contribution >= 0.6 is 0 Å². The van der Waals surface area contributed by atoms with E-state index in [2.05, 4.69) is 15.6 Å². The van der Waals surface area contributed by atoms with Gasteiger partial charge in [0, 0.05) is 17.5 Å². The zero-order valence-electron chi connectivity index (χ0n) is 17.0. The molecule has 0 saturated carbocycles. The Hall–Kier alpha value is -3.68. The summed E-state index contributed by atoms with van der Waals surface area (Å²) in [5.41, 5.74) is 2.71. The van der Waals surface area contributed by atoms with Gasteiger partial charge in [0.05, 0.1) is 18.2 Å². The van der Waals surface area contributed by atoms with Gasteiger partial charge < -0.3 is 9.84 Å². The second kappa shape index (κ2) is 9.69. The van der Waals surface area contributed by atoms with Crippen molar-refractivity contribution in [1.29, 1.82) is 0 Å². The maximum absolute atomic E-state index is 12.8. The highest BCUT2D eigenvalue weighted by molar-refractivity contribution is 6.05. The number of nitrogens with zero attached hydrogens (tertiary/aromatic N) is 3. The van der Waals surface area contributed by atoms with Crippen molar-refractivity contribution in [3.05, 3.63) is 64.1 Å². The molecule has 1 amide bonds. The molecule has 0 bridgehead atoms. The maximum atomic E-state index is 12.8. The Balaban J connectivity index is 1.88. The second-order valence-electron chi connectivity index (χ2n) is 6.60. The fourth-order valence-electron chi connectivity index (χ4n) is 2.99. The molecule has 1 aromatic heterocycles. The summed E-state index contributed by atoms with van der Waals surface area (Å²) in [5, 5.41) is 19.3. The summed E-state index contributed by atoms with van der Waals surface area (Å²) in [6.07, 6.45) is 3.00. The number of nitrogens with one attached hydrogen (secondary N) is 1. The van der Waals surface area contributed by atoms with Gasteiger partial charge in [0.15, 0.2) is 17.2 Å². The van der Waals surface area contributed by atoms with Crippen molar-refractivity contribution in [2.24, 2.45) is 5.10 Å². The summed E-state index contributed by atoms with van der Waals surface area (Å²) >= 11 is 0. The fourth-order valence-corrected chi connectivity index (χ4v) is 2.99. The molecular weight excluding hydrogens is 384 g/mol. The largest absolute Gasteiger partial charge is 0.504 e. The lowest BCUT2D eigenvalue weighted by molar-refractivity contribution is 0.0949. The van der Waals surface area contributed by atoms with E-state index in [1.54, 1.807) is 42.5 Å². The van der Waals surface area contributed by atoms with Crippen molar-refractivity contribution in [3.63, 3.8) is 0 Å². The van der Waals surface area contributed by atoms with Crippen LogP contribution in [0, 0.1) is 0 Å². The van der Waals surface area contributed by atoms with Crippen LogP contribution in [0.3, 0.4) is 0 Å². The summed E-state index contributed by atoms with van der Waals surface area (Å²) in [6.45, 7) is 4.68. The Morgan fingerprint density at radius 2 is 1.97 bits per heavy atom. The molecule has 8 heteroatoms. The molecule has 0 aliphatic carbocycles. The number of carbonyl (C=O) groups excluding carboxylic acids is 1. The minimum Gasteiger partial charge on any atom is -0.504 e. The van der Waals surface area contributed by atoms with Crippen LogP contribution in [0.2, 0.25) is 0 Å². The van der Waals surface area contributed by atoms with Crippen LogP contribution in [0.4, 0.5) is 0 Å². The minimum absolute atomic E-state index is 0.0611. The van der Waals surface area contributed by atoms with E-state index in [1.165, 1.54) is 10.9 Å². The quantitative estimate of drug-likeness (QED) is 0.440. The summed E-state index contributed by atoms with van der Waals surface area (Å²) < 4.78 is 6.66. The molecule has 0 radical (unpaired) electrons. The van der Waals surface area contributed by atoms with Gasteiger partial charge in [-0.1, -0.05) is 37.6 Å². The van der Waals surface area contributed by atoms with E-state index >= 15 is 0 Å². The van der Waals surface area contributed by atoms with Gasteiger partial charge in [-0.15, -0.1) is 0 Å². The molecule has 8 nitrogen and oxygen atoms in total. The lowest BCUT2D eigenvalue weighted by Crippen LogP contribution is -2.29. The third-order valence-corrected chi connectivity index (χ3v) is 4.51. The van der Waals surface area contributed by atoms with Gasteiger partial charge in [0.2, 0.25) is 0 Å². The van der Waals surface area contributed by atoms with Crippen LogP contribution < -0.4 is 15.7 Å². The van der Waals surface area contributed by atoms with Crippen molar-refractivity contribution in [2.75, 3.05) is 6.61 Å². The first-order valence-corrected chi connectivity index (χ1v) is 9.84. The third-order valence-electron chi connectivity index (χ3n) is 4.51. The van der Waals surface area contributed by atoms with Gasteiger partial charge in [0.25, 0.3) is 11.5 Å². The molecular formula is C22H24N4O4. The number of amides is 1. The normalized spacial score (nSPS) is 11.1. The van der Waals surface area contributed by atoms with Crippen LogP contribution in [0.15, 0.2) is 52.4 Å². The maximum Gasteiger partial charge on any atom is 0.292 e. The molecule has 3 aromatic rings. The van der Waals surface area contributed by atoms with Crippen molar-refractivity contribution in [1.82, 2.24) is 15.2 Å². The van der Waals surface area contributed by atoms with E-state index in [1.807, 2.05) is 13.8 Å². The number of aryl methyl sites for hydroxylation is 1. The first kappa shape index (κ1) is 21.0. The van der Waals surface area contributed by atoms with Gasteiger partial charge in [-0.25, -0.2) is 10.1 Å². The Labute approximate surface area is 173 Å². The van der Waals surface area contributed by atoms with E-state index in [0.29, 0.717) is 35.2 Å². The first-order valence-electron chi connectivity index (χ1n) is 9.84. The molecule has 156 valence electrons. The molecule has 0 spiro atoms. The molecule has 2 N–H and O–H groups in total. The number of phenolic OH excluding ortho intramolecular Hbond substituents is 1. The number of aromatic nitrogens is 2. The number of ether oxygens (including phenoxy) is 1. The van der Waals surface area contributed by atoms with Crippen molar-refractivity contribution < 1.29 is 14.6 Å². The SMILES string of the molecule is CCCCn1nc(C(=O)N/N=C/c2cccc(OCC)c2O)c2ccccc2c1=O. The highest BCUT2D eigenvalue weighted by Crippen LogP contribution is 2.28. The van der Waals surface area contributed by atoms with Crippen molar-refractivity contribution in [3.8, 4) is 11.5 Å².